The second kappa shape index (κ2) is 5.09. The molecule has 0 radical (unpaired) electrons. The minimum absolute atomic E-state index is 0.116. The molecule has 0 saturated heterocycles. The molecule has 0 unspecified atom stereocenters. The number of halogens is 1. The summed E-state index contributed by atoms with van der Waals surface area (Å²) in [6, 6.07) is 5.34. The normalized spacial score (nSPS) is 9.25. The van der Waals surface area contributed by atoms with Crippen molar-refractivity contribution < 1.29 is 9.72 Å². The van der Waals surface area contributed by atoms with Crippen LogP contribution in [-0.2, 0) is 0 Å². The second-order valence-corrected chi connectivity index (χ2v) is 3.17. The molecule has 0 aromatic heterocycles. The highest BCUT2D eigenvalue weighted by atomic mass is 35.5. The van der Waals surface area contributed by atoms with Crippen LogP contribution in [-0.4, -0.2) is 17.4 Å². The number of nitro groups is 1. The number of amides is 1. The molecule has 1 aromatic rings. The van der Waals surface area contributed by atoms with Gasteiger partial charge >= 0.3 is 0 Å². The van der Waals surface area contributed by atoms with Crippen LogP contribution in [0.2, 0.25) is 5.02 Å². The number of benzene rings is 1. The van der Waals surface area contributed by atoms with E-state index in [1.54, 1.807) is 6.07 Å². The van der Waals surface area contributed by atoms with Gasteiger partial charge in [0.05, 0.1) is 11.0 Å². The first-order valence-electron chi connectivity index (χ1n) is 4.15. The van der Waals surface area contributed by atoms with Crippen molar-refractivity contribution in [1.82, 2.24) is 5.32 Å². The van der Waals surface area contributed by atoms with Crippen LogP contribution in [0.15, 0.2) is 18.2 Å². The van der Waals surface area contributed by atoms with E-state index >= 15 is 0 Å². The third-order valence-electron chi connectivity index (χ3n) is 1.73. The molecule has 0 heterocycles. The monoisotopic (exact) mass is 239 g/mol. The maximum Gasteiger partial charge on any atom is 0.287 e. The predicted octanol–water partition coefficient (Wildman–Crippen LogP) is 1.50. The lowest BCUT2D eigenvalue weighted by molar-refractivity contribution is -0.384. The summed E-state index contributed by atoms with van der Waals surface area (Å²) in [7, 11) is 0. The zero-order valence-electron chi connectivity index (χ0n) is 7.94. The Morgan fingerprint density at radius 1 is 1.62 bits per heavy atom. The number of hydrogen-bond acceptors (Lipinski definition) is 4. The van der Waals surface area contributed by atoms with Gasteiger partial charge in [-0.15, -0.1) is 0 Å². The van der Waals surface area contributed by atoms with E-state index in [2.05, 4.69) is 5.32 Å². The number of hydrogen-bond donors (Lipinski definition) is 1. The summed E-state index contributed by atoms with van der Waals surface area (Å²) in [5, 5.41) is 20.9. The fourth-order valence-corrected chi connectivity index (χ4v) is 1.27. The van der Waals surface area contributed by atoms with Gasteiger partial charge in [0.15, 0.2) is 0 Å². The molecule has 0 atom stereocenters. The number of carbonyl (C=O) groups is 1. The summed E-state index contributed by atoms with van der Waals surface area (Å²) in [5.41, 5.74) is -0.0932. The Kier molecular flexibility index (Phi) is 3.80. The van der Waals surface area contributed by atoms with Gasteiger partial charge in [-0.3, -0.25) is 14.9 Å². The first-order valence-corrected chi connectivity index (χ1v) is 4.53. The van der Waals surface area contributed by atoms with E-state index < -0.39 is 10.8 Å². The summed E-state index contributed by atoms with van der Waals surface area (Å²) < 4.78 is 0. The van der Waals surface area contributed by atoms with Crippen molar-refractivity contribution in [2.75, 3.05) is 6.54 Å². The molecule has 1 N–H and O–H groups in total. The minimum Gasteiger partial charge on any atom is -0.339 e. The van der Waals surface area contributed by atoms with Gasteiger partial charge in [0.2, 0.25) is 0 Å². The highest BCUT2D eigenvalue weighted by Crippen LogP contribution is 2.24. The highest BCUT2D eigenvalue weighted by molar-refractivity contribution is 6.33. The molecule has 1 aromatic carbocycles. The molecule has 0 saturated carbocycles. The Balaban J connectivity index is 2.93. The van der Waals surface area contributed by atoms with E-state index in [0.29, 0.717) is 0 Å². The van der Waals surface area contributed by atoms with Gasteiger partial charge < -0.3 is 5.32 Å². The van der Waals surface area contributed by atoms with Crippen molar-refractivity contribution in [3.8, 4) is 6.07 Å². The number of nitrogens with one attached hydrogen (secondary N) is 1. The van der Waals surface area contributed by atoms with E-state index in [4.69, 9.17) is 16.9 Å². The maximum atomic E-state index is 11.3. The molecule has 0 aliphatic rings. The topological polar surface area (TPSA) is 96.0 Å². The summed E-state index contributed by atoms with van der Waals surface area (Å²) in [4.78, 5) is 21.2. The van der Waals surface area contributed by atoms with E-state index in [1.807, 2.05) is 0 Å². The molecule has 0 aliphatic carbocycles. The molecule has 82 valence electrons. The number of carbonyl (C=O) groups excluding carboxylic acids is 1. The summed E-state index contributed by atoms with van der Waals surface area (Å²) in [6.07, 6.45) is 0. The number of nitriles is 1. The van der Waals surface area contributed by atoms with Crippen LogP contribution < -0.4 is 5.32 Å². The molecular formula is C9H6ClN3O3. The smallest absolute Gasteiger partial charge is 0.287 e. The van der Waals surface area contributed by atoms with Gasteiger partial charge in [-0.2, -0.15) is 5.26 Å². The lowest BCUT2D eigenvalue weighted by Gasteiger charge is -2.01. The van der Waals surface area contributed by atoms with Gasteiger partial charge in [0.25, 0.3) is 11.6 Å². The van der Waals surface area contributed by atoms with Gasteiger partial charge in [0.1, 0.15) is 11.6 Å². The molecule has 0 fully saturated rings. The number of nitrogens with zero attached hydrogens (tertiary/aromatic N) is 2. The SMILES string of the molecule is N#CCNC(=O)c1ccc([N+](=O)[O-])c(Cl)c1. The quantitative estimate of drug-likeness (QED) is 0.491. The molecule has 0 spiro atoms. The average molecular weight is 240 g/mol. The molecule has 16 heavy (non-hydrogen) atoms. The number of nitro benzene ring substituents is 1. The van der Waals surface area contributed by atoms with Crippen LogP contribution >= 0.6 is 11.6 Å². The Morgan fingerprint density at radius 3 is 2.81 bits per heavy atom. The molecule has 0 aliphatic heterocycles. The first kappa shape index (κ1) is 11.9. The van der Waals surface area contributed by atoms with Gasteiger partial charge in [-0.05, 0) is 12.1 Å². The fraction of sp³-hybridized carbons (Fsp3) is 0.111. The van der Waals surface area contributed by atoms with E-state index in [0.717, 1.165) is 6.07 Å². The highest BCUT2D eigenvalue weighted by Gasteiger charge is 2.14. The molecule has 1 amide bonds. The van der Waals surface area contributed by atoms with Crippen molar-refractivity contribution in [2.24, 2.45) is 0 Å². The van der Waals surface area contributed by atoms with Gasteiger partial charge in [0, 0.05) is 11.6 Å². The average Bonchev–Trinajstić information content (AvgIpc) is 2.25. The van der Waals surface area contributed by atoms with Crippen LogP contribution in [0.1, 0.15) is 10.4 Å². The van der Waals surface area contributed by atoms with Crippen molar-refractivity contribution >= 4 is 23.2 Å². The third kappa shape index (κ3) is 2.68. The Hall–Kier alpha value is -2.13. The lowest BCUT2D eigenvalue weighted by atomic mass is 10.2. The predicted molar refractivity (Wildman–Crippen MR) is 56.1 cm³/mol. The third-order valence-corrected chi connectivity index (χ3v) is 2.04. The van der Waals surface area contributed by atoms with Crippen molar-refractivity contribution in [3.05, 3.63) is 38.9 Å². The zero-order valence-corrected chi connectivity index (χ0v) is 8.69. The Labute approximate surface area is 95.6 Å². The Morgan fingerprint density at radius 2 is 2.31 bits per heavy atom. The standard InChI is InChI=1S/C9H6ClN3O3/c10-7-5-6(9(14)12-4-3-11)1-2-8(7)13(15)16/h1-2,5H,4H2,(H,12,14). The zero-order chi connectivity index (χ0) is 12.1. The van der Waals surface area contributed by atoms with Crippen LogP contribution in [0, 0.1) is 21.4 Å². The summed E-state index contributed by atoms with van der Waals surface area (Å²) >= 11 is 5.62. The van der Waals surface area contributed by atoms with E-state index in [-0.39, 0.29) is 22.8 Å². The van der Waals surface area contributed by atoms with Gasteiger partial charge in [-0.1, -0.05) is 11.6 Å². The van der Waals surface area contributed by atoms with Crippen molar-refractivity contribution in [3.63, 3.8) is 0 Å². The molecular weight excluding hydrogens is 234 g/mol. The largest absolute Gasteiger partial charge is 0.339 e. The van der Waals surface area contributed by atoms with Crippen molar-refractivity contribution in [2.45, 2.75) is 0 Å². The van der Waals surface area contributed by atoms with Gasteiger partial charge in [-0.25, -0.2) is 0 Å². The summed E-state index contributed by atoms with van der Waals surface area (Å²) in [6.45, 7) is -0.132. The molecule has 7 heteroatoms. The first-order chi connectivity index (χ1) is 7.56. The van der Waals surface area contributed by atoms with Crippen molar-refractivity contribution in [1.29, 1.82) is 5.26 Å². The fourth-order valence-electron chi connectivity index (χ4n) is 1.02. The van der Waals surface area contributed by atoms with Crippen LogP contribution in [0.25, 0.3) is 0 Å². The second-order valence-electron chi connectivity index (χ2n) is 2.76. The maximum absolute atomic E-state index is 11.3. The molecule has 6 nitrogen and oxygen atoms in total. The minimum atomic E-state index is -0.640. The molecule has 1 rings (SSSR count). The van der Waals surface area contributed by atoms with Crippen LogP contribution in [0.5, 0.6) is 0 Å². The van der Waals surface area contributed by atoms with E-state index in [1.165, 1.54) is 12.1 Å². The van der Waals surface area contributed by atoms with E-state index in [9.17, 15) is 14.9 Å². The lowest BCUT2D eigenvalue weighted by Crippen LogP contribution is -2.23. The molecule has 0 bridgehead atoms. The summed E-state index contributed by atoms with van der Waals surface area (Å²) in [5.74, 6) is -0.502. The van der Waals surface area contributed by atoms with Crippen LogP contribution in [0.4, 0.5) is 5.69 Å². The Bertz CT molecular complexity index is 481. The number of rotatable bonds is 3. The van der Waals surface area contributed by atoms with Crippen LogP contribution in [0.3, 0.4) is 0 Å².